The Hall–Kier alpha value is -7.47. The number of fused-ring (bicyclic) bond motifs is 2. The van der Waals surface area contributed by atoms with Crippen molar-refractivity contribution >= 4 is 50.8 Å². The molecule has 12 rings (SSSR count). The molecule has 0 spiro atoms. The number of ether oxygens (including phenoxy) is 3. The van der Waals surface area contributed by atoms with Crippen LogP contribution in [0, 0.1) is 25.6 Å². The molecule has 3 saturated heterocycles. The van der Waals surface area contributed by atoms with Crippen LogP contribution in [0.15, 0.2) is 78.6 Å². The number of β-amino-alcohol motifs (C(OH)–C–C–N with tert-alkyl or cyclic N) is 2. The first-order chi connectivity index (χ1) is 39.3. The molecule has 0 unspecified atom stereocenters. The molecule has 4 aliphatic rings. The topological polar surface area (TPSA) is 260 Å². The molecule has 3 aliphatic heterocycles. The molecular weight excluding hydrogens is 1060 g/mol. The van der Waals surface area contributed by atoms with Crippen LogP contribution in [0.4, 0.5) is 10.2 Å². The quantitative estimate of drug-likeness (QED) is 0.0453. The number of nitrogens with one attached hydrogen (secondary N) is 4. The third-order valence-corrected chi connectivity index (χ3v) is 17.1. The lowest BCUT2D eigenvalue weighted by atomic mass is 9.88. The molecule has 0 bridgehead atoms. The van der Waals surface area contributed by atoms with Crippen LogP contribution in [-0.2, 0) is 20.9 Å². The van der Waals surface area contributed by atoms with Crippen molar-refractivity contribution in [1.82, 2.24) is 55.7 Å². The Bertz CT molecular complexity index is 3600. The predicted octanol–water partition coefficient (Wildman–Crippen LogP) is 7.08. The van der Waals surface area contributed by atoms with Crippen molar-refractivity contribution in [3.63, 3.8) is 0 Å². The van der Waals surface area contributed by atoms with Crippen LogP contribution < -0.4 is 25.4 Å². The second-order valence-electron chi connectivity index (χ2n) is 22.1. The zero-order chi connectivity index (χ0) is 56.1. The molecule has 1 saturated carbocycles. The Labute approximate surface area is 470 Å². The number of hydrogen-bond acceptors (Lipinski definition) is 17. The van der Waals surface area contributed by atoms with Gasteiger partial charge in [0.1, 0.15) is 47.6 Å². The van der Waals surface area contributed by atoms with Crippen molar-refractivity contribution in [3.8, 4) is 44.6 Å². The summed E-state index contributed by atoms with van der Waals surface area (Å²) in [6.45, 7) is 9.21. The lowest BCUT2D eigenvalue weighted by Crippen LogP contribution is -2.50. The molecule has 20 nitrogen and oxygen atoms in total. The Morgan fingerprint density at radius 3 is 2.44 bits per heavy atom. The first-order valence-corrected chi connectivity index (χ1v) is 28.6. The first kappa shape index (κ1) is 54.1. The number of amides is 2. The number of aromatic nitrogens is 8. The molecular formula is C59H65FN12O8S. The summed E-state index contributed by atoms with van der Waals surface area (Å²) in [5, 5.41) is 59.7. The number of aromatic amines is 1. The number of hydrogen-bond donors (Lipinski definition) is 7. The van der Waals surface area contributed by atoms with Crippen LogP contribution in [0.2, 0.25) is 0 Å². The average Bonchev–Trinajstić information content (AvgIpc) is 4.16. The highest BCUT2D eigenvalue weighted by Gasteiger charge is 2.43. The standard InChI is InChI=1S/C59H65FN12O8S/c1-30(2)53(58(77)71-25-38(74)19-48(71)57(76)65-47(27-73)36-11-13-37(14-12-36)55-32(4)62-29-81-55)72-26-46(69-70-72)35-7-5-33(6-8-35)28-79-54-51(50-31(3)43(60)21-44-42(50)22-63-68-44)40(34-9-10-34)20-41-52(54)66-59(80-39-15-17-78-18-16-39)67-56(41)64-45-23-61-24-49(45)75/h5-8,11-14,20-22,26,29-30,34,38-39,45,47-49,53,61,73-75H,9-10,15-19,23-25,27-28H2,1-4H3,(H,63,68)(H,65,76)(H,64,66,67)/t38-,45-,47+,48+,49+,53+/m1/s1. The van der Waals surface area contributed by atoms with Gasteiger partial charge in [-0.15, -0.1) is 16.4 Å². The van der Waals surface area contributed by atoms with Crippen molar-refractivity contribution in [1.29, 1.82) is 0 Å². The SMILES string of the molecule is Cc1ncsc1-c1ccc([C@H](CO)NC(=O)[C@@H]2C[C@@H](O)CN2C(=O)[C@H](C(C)C)n2cc(-c3ccc(COc4c(-c5c(C)c(F)cc6[nH]ncc56)c(C5CC5)cc5c(N[C@@H]6CNC[C@@H]6O)nc(OC6CCOCC6)nc45)cc3)nn2)cc1. The van der Waals surface area contributed by atoms with E-state index < -0.39 is 48.0 Å². The Morgan fingerprint density at radius 1 is 0.963 bits per heavy atom. The van der Waals surface area contributed by atoms with E-state index in [1.165, 1.54) is 27.0 Å². The summed E-state index contributed by atoms with van der Waals surface area (Å²) in [5.74, 6) is -0.471. The summed E-state index contributed by atoms with van der Waals surface area (Å²) in [5.41, 5.74) is 10.2. The summed E-state index contributed by atoms with van der Waals surface area (Å²) in [7, 11) is 0. The zero-order valence-electron chi connectivity index (χ0n) is 45.4. The molecule has 422 valence electrons. The van der Waals surface area contributed by atoms with E-state index in [0.717, 1.165) is 51.1 Å². The van der Waals surface area contributed by atoms with E-state index in [4.69, 9.17) is 24.2 Å². The van der Waals surface area contributed by atoms with Gasteiger partial charge >= 0.3 is 6.01 Å². The van der Waals surface area contributed by atoms with Crippen LogP contribution >= 0.6 is 11.3 Å². The van der Waals surface area contributed by atoms with Crippen molar-refractivity contribution < 1.29 is 43.5 Å². The number of likely N-dealkylation sites (tertiary alicyclic amines) is 1. The maximum Gasteiger partial charge on any atom is 0.319 e. The van der Waals surface area contributed by atoms with Crippen LogP contribution in [0.3, 0.4) is 0 Å². The highest BCUT2D eigenvalue weighted by Crippen LogP contribution is 2.53. The van der Waals surface area contributed by atoms with Crippen molar-refractivity contribution in [2.75, 3.05) is 44.8 Å². The van der Waals surface area contributed by atoms with E-state index in [0.29, 0.717) is 95.1 Å². The summed E-state index contributed by atoms with van der Waals surface area (Å²) in [4.78, 5) is 45.5. The van der Waals surface area contributed by atoms with Crippen molar-refractivity contribution in [2.45, 2.75) is 115 Å². The summed E-state index contributed by atoms with van der Waals surface area (Å²) < 4.78 is 36.8. The van der Waals surface area contributed by atoms with Gasteiger partial charge in [0.15, 0.2) is 5.75 Å². The minimum Gasteiger partial charge on any atom is -0.486 e. The van der Waals surface area contributed by atoms with Gasteiger partial charge in [0.05, 0.1) is 78.1 Å². The van der Waals surface area contributed by atoms with E-state index in [-0.39, 0.29) is 56.2 Å². The highest BCUT2D eigenvalue weighted by atomic mass is 32.1. The van der Waals surface area contributed by atoms with Gasteiger partial charge in [-0.1, -0.05) is 67.6 Å². The molecule has 4 aromatic heterocycles. The number of carbonyl (C=O) groups excluding carboxylic acids is 2. The number of anilines is 1. The molecule has 8 aromatic rings. The van der Waals surface area contributed by atoms with Gasteiger partial charge in [-0.25, -0.2) is 14.1 Å². The third kappa shape index (κ3) is 10.9. The Balaban J connectivity index is 0.823. The van der Waals surface area contributed by atoms with Gasteiger partial charge in [0.25, 0.3) is 0 Å². The van der Waals surface area contributed by atoms with Crippen LogP contribution in [0.5, 0.6) is 11.8 Å². The van der Waals surface area contributed by atoms with Gasteiger partial charge < -0.3 is 50.4 Å². The van der Waals surface area contributed by atoms with Crippen LogP contribution in [0.25, 0.3) is 54.6 Å². The molecule has 1 aliphatic carbocycles. The van der Waals surface area contributed by atoms with Gasteiger partial charge in [-0.05, 0) is 78.5 Å². The summed E-state index contributed by atoms with van der Waals surface area (Å²) >= 11 is 1.54. The molecule has 7 heterocycles. The molecule has 6 atom stereocenters. The lowest BCUT2D eigenvalue weighted by Gasteiger charge is -2.30. The van der Waals surface area contributed by atoms with Crippen LogP contribution in [-0.4, -0.2) is 142 Å². The summed E-state index contributed by atoms with van der Waals surface area (Å²) in [6, 6.07) is 16.0. The number of benzene rings is 4. The zero-order valence-corrected chi connectivity index (χ0v) is 46.3. The minimum atomic E-state index is -0.989. The fourth-order valence-corrected chi connectivity index (χ4v) is 12.3. The number of aliphatic hydroxyl groups is 3. The smallest absolute Gasteiger partial charge is 0.319 e. The normalized spacial score (nSPS) is 20.3. The number of aryl methyl sites for hydroxylation is 1. The third-order valence-electron chi connectivity index (χ3n) is 16.1. The maximum atomic E-state index is 16.1. The van der Waals surface area contributed by atoms with Gasteiger partial charge in [-0.3, -0.25) is 14.7 Å². The molecule has 0 radical (unpaired) electrons. The average molecular weight is 1120 g/mol. The van der Waals surface area contributed by atoms with Crippen molar-refractivity contribution in [3.05, 3.63) is 112 Å². The number of aliphatic hydroxyl groups excluding tert-OH is 3. The number of halogens is 1. The largest absolute Gasteiger partial charge is 0.486 e. The number of thiazole rings is 1. The van der Waals surface area contributed by atoms with E-state index in [9.17, 15) is 24.9 Å². The molecule has 22 heteroatoms. The van der Waals surface area contributed by atoms with Gasteiger partial charge in [0, 0.05) is 66.4 Å². The molecule has 81 heavy (non-hydrogen) atoms. The molecule has 7 N–H and O–H groups in total. The Morgan fingerprint density at radius 2 is 1.74 bits per heavy atom. The second-order valence-corrected chi connectivity index (χ2v) is 22.9. The van der Waals surface area contributed by atoms with Gasteiger partial charge in [-0.2, -0.15) is 15.1 Å². The molecule has 4 fully saturated rings. The lowest BCUT2D eigenvalue weighted by molar-refractivity contribution is -0.142. The Kier molecular flexibility index (Phi) is 15.2. The predicted molar refractivity (Wildman–Crippen MR) is 302 cm³/mol. The van der Waals surface area contributed by atoms with E-state index >= 15 is 4.39 Å². The van der Waals surface area contributed by atoms with Crippen molar-refractivity contribution in [2.24, 2.45) is 5.92 Å². The fraction of sp³-hybridized carbons (Fsp3) is 0.424. The van der Waals surface area contributed by atoms with Crippen LogP contribution in [0.1, 0.15) is 91.9 Å². The molecule has 4 aromatic carbocycles. The van der Waals surface area contributed by atoms with E-state index in [1.807, 2.05) is 69.3 Å². The fourth-order valence-electron chi connectivity index (χ4n) is 11.5. The number of rotatable bonds is 18. The maximum absolute atomic E-state index is 16.1. The first-order valence-electron chi connectivity index (χ1n) is 27.7. The molecule has 2 amide bonds. The second kappa shape index (κ2) is 22.8. The van der Waals surface area contributed by atoms with E-state index in [2.05, 4.69) is 47.5 Å². The highest BCUT2D eigenvalue weighted by molar-refractivity contribution is 7.13. The number of carbonyl (C=O) groups is 2. The number of H-pyrrole nitrogens is 1. The number of nitrogens with zero attached hydrogens (tertiary/aromatic N) is 8. The minimum absolute atomic E-state index is 0.0341. The van der Waals surface area contributed by atoms with E-state index in [1.54, 1.807) is 24.8 Å². The van der Waals surface area contributed by atoms with Gasteiger partial charge in [0.2, 0.25) is 11.8 Å². The monoisotopic (exact) mass is 1120 g/mol. The summed E-state index contributed by atoms with van der Waals surface area (Å²) in [6.07, 6.45) is 4.86.